The first-order chi connectivity index (χ1) is 9.51. The van der Waals surface area contributed by atoms with Gasteiger partial charge < -0.3 is 15.8 Å². The highest BCUT2D eigenvalue weighted by Crippen LogP contribution is 2.25. The van der Waals surface area contributed by atoms with Crippen molar-refractivity contribution in [2.24, 2.45) is 0 Å². The van der Waals surface area contributed by atoms with Gasteiger partial charge >= 0.3 is 0 Å². The zero-order valence-corrected chi connectivity index (χ0v) is 12.8. The minimum Gasteiger partial charge on any atom is -0.497 e. The zero-order chi connectivity index (χ0) is 14.7. The molecule has 5 heteroatoms. The molecular formula is C15H15BrN2O2. The monoisotopic (exact) mass is 334 g/mol. The fraction of sp³-hybridized carbons (Fsp3) is 0.133. The first-order valence-corrected chi connectivity index (χ1v) is 6.81. The van der Waals surface area contributed by atoms with E-state index in [0.29, 0.717) is 22.7 Å². The highest BCUT2D eigenvalue weighted by atomic mass is 79.9. The average Bonchev–Trinajstić information content (AvgIpc) is 2.44. The lowest BCUT2D eigenvalue weighted by molar-refractivity contribution is 0.102. The van der Waals surface area contributed by atoms with Gasteiger partial charge in [0.1, 0.15) is 5.75 Å². The van der Waals surface area contributed by atoms with Gasteiger partial charge in [-0.3, -0.25) is 4.79 Å². The minimum absolute atomic E-state index is 0.208. The van der Waals surface area contributed by atoms with Crippen LogP contribution in [0.3, 0.4) is 0 Å². The van der Waals surface area contributed by atoms with Crippen LogP contribution in [0.2, 0.25) is 0 Å². The van der Waals surface area contributed by atoms with Crippen LogP contribution in [0.15, 0.2) is 40.9 Å². The van der Waals surface area contributed by atoms with E-state index in [9.17, 15) is 4.79 Å². The van der Waals surface area contributed by atoms with Crippen LogP contribution in [0.5, 0.6) is 5.75 Å². The van der Waals surface area contributed by atoms with Crippen molar-refractivity contribution in [1.82, 2.24) is 0 Å². The molecule has 0 aliphatic carbocycles. The van der Waals surface area contributed by atoms with Crippen molar-refractivity contribution < 1.29 is 9.53 Å². The summed E-state index contributed by atoms with van der Waals surface area (Å²) in [5.74, 6) is 0.432. The van der Waals surface area contributed by atoms with Crippen LogP contribution in [-0.4, -0.2) is 13.0 Å². The van der Waals surface area contributed by atoms with Crippen LogP contribution in [0.25, 0.3) is 0 Å². The Morgan fingerprint density at radius 1 is 1.25 bits per heavy atom. The third-order valence-corrected chi connectivity index (χ3v) is 3.82. The van der Waals surface area contributed by atoms with Crippen molar-refractivity contribution in [3.8, 4) is 5.75 Å². The number of aryl methyl sites for hydroxylation is 1. The lowest BCUT2D eigenvalue weighted by Crippen LogP contribution is -2.13. The molecule has 0 aliphatic rings. The number of nitrogen functional groups attached to an aromatic ring is 1. The van der Waals surface area contributed by atoms with E-state index in [2.05, 4.69) is 21.2 Å². The zero-order valence-electron chi connectivity index (χ0n) is 11.2. The molecular weight excluding hydrogens is 320 g/mol. The molecule has 0 saturated heterocycles. The summed E-state index contributed by atoms with van der Waals surface area (Å²) >= 11 is 3.41. The van der Waals surface area contributed by atoms with E-state index in [-0.39, 0.29) is 5.91 Å². The number of benzene rings is 2. The van der Waals surface area contributed by atoms with Gasteiger partial charge in [0.05, 0.1) is 18.5 Å². The van der Waals surface area contributed by atoms with E-state index < -0.39 is 0 Å². The third kappa shape index (κ3) is 3.11. The highest BCUT2D eigenvalue weighted by Gasteiger charge is 2.10. The average molecular weight is 335 g/mol. The van der Waals surface area contributed by atoms with Crippen molar-refractivity contribution >= 4 is 33.2 Å². The van der Waals surface area contributed by atoms with Crippen molar-refractivity contribution in [2.45, 2.75) is 6.92 Å². The minimum atomic E-state index is -0.208. The van der Waals surface area contributed by atoms with E-state index >= 15 is 0 Å². The SMILES string of the molecule is COc1ccc(N)c(NC(=O)c2ccc(Br)c(C)c2)c1. The second kappa shape index (κ2) is 5.96. The standard InChI is InChI=1S/C15H15BrN2O2/c1-9-7-10(3-5-12(9)16)15(19)18-14-8-11(20-2)4-6-13(14)17/h3-8H,17H2,1-2H3,(H,18,19). The number of amides is 1. The number of nitrogens with one attached hydrogen (secondary N) is 1. The first-order valence-electron chi connectivity index (χ1n) is 6.02. The van der Waals surface area contributed by atoms with Gasteiger partial charge in [0, 0.05) is 16.1 Å². The van der Waals surface area contributed by atoms with Crippen LogP contribution in [0.4, 0.5) is 11.4 Å². The predicted molar refractivity (Wildman–Crippen MR) is 84.2 cm³/mol. The summed E-state index contributed by atoms with van der Waals surface area (Å²) in [7, 11) is 1.56. The topological polar surface area (TPSA) is 64.3 Å². The van der Waals surface area contributed by atoms with Gasteiger partial charge in [-0.1, -0.05) is 15.9 Å². The van der Waals surface area contributed by atoms with E-state index in [4.69, 9.17) is 10.5 Å². The molecule has 4 nitrogen and oxygen atoms in total. The molecule has 20 heavy (non-hydrogen) atoms. The molecule has 0 fully saturated rings. The van der Waals surface area contributed by atoms with E-state index in [0.717, 1.165) is 10.0 Å². The van der Waals surface area contributed by atoms with Gasteiger partial charge in [-0.25, -0.2) is 0 Å². The van der Waals surface area contributed by atoms with E-state index in [1.807, 2.05) is 19.1 Å². The Hall–Kier alpha value is -2.01. The summed E-state index contributed by atoms with van der Waals surface area (Å²) in [5.41, 5.74) is 8.45. The largest absolute Gasteiger partial charge is 0.497 e. The van der Waals surface area contributed by atoms with Crippen molar-refractivity contribution in [3.63, 3.8) is 0 Å². The van der Waals surface area contributed by atoms with Crippen LogP contribution in [0.1, 0.15) is 15.9 Å². The summed E-state index contributed by atoms with van der Waals surface area (Å²) in [5, 5.41) is 2.79. The van der Waals surface area contributed by atoms with Crippen molar-refractivity contribution in [3.05, 3.63) is 52.0 Å². The molecule has 0 radical (unpaired) electrons. The first kappa shape index (κ1) is 14.4. The number of ether oxygens (including phenoxy) is 1. The van der Waals surface area contributed by atoms with E-state index in [1.54, 1.807) is 31.4 Å². The number of hydrogen-bond acceptors (Lipinski definition) is 3. The smallest absolute Gasteiger partial charge is 0.255 e. The number of anilines is 2. The Kier molecular flexibility index (Phi) is 4.29. The maximum Gasteiger partial charge on any atom is 0.255 e. The van der Waals surface area contributed by atoms with Crippen molar-refractivity contribution in [1.29, 1.82) is 0 Å². The van der Waals surface area contributed by atoms with Gasteiger partial charge in [-0.2, -0.15) is 0 Å². The van der Waals surface area contributed by atoms with Gasteiger partial charge in [-0.15, -0.1) is 0 Å². The number of hydrogen-bond donors (Lipinski definition) is 2. The third-order valence-electron chi connectivity index (χ3n) is 2.93. The predicted octanol–water partition coefficient (Wildman–Crippen LogP) is 3.60. The summed E-state index contributed by atoms with van der Waals surface area (Å²) in [6.07, 6.45) is 0. The Morgan fingerprint density at radius 3 is 2.65 bits per heavy atom. The second-order valence-electron chi connectivity index (χ2n) is 4.37. The van der Waals surface area contributed by atoms with Gasteiger partial charge in [0.2, 0.25) is 0 Å². The van der Waals surface area contributed by atoms with Gasteiger partial charge in [0.25, 0.3) is 5.91 Å². The van der Waals surface area contributed by atoms with E-state index in [1.165, 1.54) is 0 Å². The number of carbonyl (C=O) groups excluding carboxylic acids is 1. The molecule has 0 aromatic heterocycles. The summed E-state index contributed by atoms with van der Waals surface area (Å²) in [6, 6.07) is 10.5. The lowest BCUT2D eigenvalue weighted by Gasteiger charge is -2.10. The summed E-state index contributed by atoms with van der Waals surface area (Å²) in [4.78, 5) is 12.2. The second-order valence-corrected chi connectivity index (χ2v) is 5.23. The number of nitrogens with two attached hydrogens (primary N) is 1. The van der Waals surface area contributed by atoms with Crippen molar-refractivity contribution in [2.75, 3.05) is 18.2 Å². The van der Waals surface area contributed by atoms with Gasteiger partial charge in [0.15, 0.2) is 0 Å². The molecule has 0 heterocycles. The molecule has 2 aromatic carbocycles. The molecule has 0 saturated carbocycles. The molecule has 2 aromatic rings. The Balaban J connectivity index is 2.25. The fourth-order valence-electron chi connectivity index (χ4n) is 1.75. The number of carbonyl (C=O) groups is 1. The van der Waals surface area contributed by atoms with Crippen LogP contribution < -0.4 is 15.8 Å². The highest BCUT2D eigenvalue weighted by molar-refractivity contribution is 9.10. The number of methoxy groups -OCH3 is 1. The van der Waals surface area contributed by atoms with Crippen LogP contribution in [0, 0.1) is 6.92 Å². The maximum atomic E-state index is 12.2. The van der Waals surface area contributed by atoms with Crippen LogP contribution in [-0.2, 0) is 0 Å². The van der Waals surface area contributed by atoms with Crippen LogP contribution >= 0.6 is 15.9 Å². The Morgan fingerprint density at radius 2 is 2.00 bits per heavy atom. The number of halogens is 1. The molecule has 104 valence electrons. The molecule has 0 bridgehead atoms. The Bertz CT molecular complexity index is 656. The fourth-order valence-corrected chi connectivity index (χ4v) is 2.00. The molecule has 1 amide bonds. The normalized spacial score (nSPS) is 10.2. The molecule has 0 spiro atoms. The Labute approximate surface area is 126 Å². The summed E-state index contributed by atoms with van der Waals surface area (Å²) in [6.45, 7) is 1.93. The molecule has 2 rings (SSSR count). The molecule has 0 atom stereocenters. The summed E-state index contributed by atoms with van der Waals surface area (Å²) < 4.78 is 6.09. The molecule has 0 aliphatic heterocycles. The molecule has 0 unspecified atom stereocenters. The van der Waals surface area contributed by atoms with Gasteiger partial charge in [-0.05, 0) is 42.8 Å². The quantitative estimate of drug-likeness (QED) is 0.843. The lowest BCUT2D eigenvalue weighted by atomic mass is 10.1. The number of rotatable bonds is 3. The maximum absolute atomic E-state index is 12.2. The molecule has 3 N–H and O–H groups in total.